The summed E-state index contributed by atoms with van der Waals surface area (Å²) in [6.07, 6.45) is 1.06. The van der Waals surface area contributed by atoms with Crippen molar-refractivity contribution < 1.29 is 9.13 Å². The summed E-state index contributed by atoms with van der Waals surface area (Å²) in [6.45, 7) is 6.36. The molecule has 3 nitrogen and oxygen atoms in total. The molecule has 0 atom stereocenters. The highest BCUT2D eigenvalue weighted by atomic mass is 79.9. The molecule has 0 amide bonds. The number of anilines is 2. The normalized spacial score (nSPS) is 10.9. The number of halogens is 2. The number of ether oxygens (including phenoxy) is 1. The highest BCUT2D eigenvalue weighted by Gasteiger charge is 2.05. The lowest BCUT2D eigenvalue weighted by Gasteiger charge is -2.11. The molecule has 0 radical (unpaired) electrons. The Morgan fingerprint density at radius 3 is 2.78 bits per heavy atom. The summed E-state index contributed by atoms with van der Waals surface area (Å²) >= 11 is 3.13. The summed E-state index contributed by atoms with van der Waals surface area (Å²) < 4.78 is 19.0. The lowest BCUT2D eigenvalue weighted by molar-refractivity contribution is 0.132. The van der Waals surface area contributed by atoms with Gasteiger partial charge in [-0.15, -0.1) is 0 Å². The maximum absolute atomic E-state index is 13.1. The Morgan fingerprint density at radius 2 is 2.11 bits per heavy atom. The van der Waals surface area contributed by atoms with Crippen molar-refractivity contribution in [2.24, 2.45) is 5.92 Å². The van der Waals surface area contributed by atoms with Crippen molar-refractivity contribution in [2.75, 3.05) is 30.8 Å². The molecular weight excluding hydrogens is 299 g/mol. The van der Waals surface area contributed by atoms with Gasteiger partial charge in [-0.25, -0.2) is 4.39 Å². The highest BCUT2D eigenvalue weighted by molar-refractivity contribution is 9.10. The molecule has 0 saturated heterocycles. The van der Waals surface area contributed by atoms with E-state index in [1.807, 2.05) is 0 Å². The van der Waals surface area contributed by atoms with Gasteiger partial charge in [0.25, 0.3) is 0 Å². The predicted molar refractivity (Wildman–Crippen MR) is 77.3 cm³/mol. The van der Waals surface area contributed by atoms with Gasteiger partial charge in [-0.2, -0.15) is 0 Å². The average Bonchev–Trinajstić information content (AvgIpc) is 2.29. The van der Waals surface area contributed by atoms with Crippen LogP contribution in [0.25, 0.3) is 0 Å². The fourth-order valence-electron chi connectivity index (χ4n) is 1.39. The van der Waals surface area contributed by atoms with E-state index in [1.54, 1.807) is 6.07 Å². The highest BCUT2D eigenvalue weighted by Crippen LogP contribution is 2.26. The first-order valence-electron chi connectivity index (χ1n) is 6.07. The molecule has 0 spiro atoms. The zero-order chi connectivity index (χ0) is 13.5. The first-order chi connectivity index (χ1) is 8.50. The Labute approximate surface area is 116 Å². The predicted octanol–water partition coefficient (Wildman–Crippen LogP) is 3.65. The van der Waals surface area contributed by atoms with Gasteiger partial charge in [0, 0.05) is 19.2 Å². The van der Waals surface area contributed by atoms with Crippen LogP contribution < -0.4 is 11.1 Å². The van der Waals surface area contributed by atoms with E-state index in [0.717, 1.165) is 18.7 Å². The van der Waals surface area contributed by atoms with Crippen molar-refractivity contribution in [2.45, 2.75) is 20.3 Å². The Balaban J connectivity index is 2.29. The molecule has 0 fully saturated rings. The van der Waals surface area contributed by atoms with Gasteiger partial charge in [0.05, 0.1) is 22.5 Å². The standard InChI is InChI=1S/C13H20BrFN2O/c1-9(2)3-5-18-6-4-17-13-7-10(14)11(15)8-12(13)16/h7-9,17H,3-6,16H2,1-2H3. The summed E-state index contributed by atoms with van der Waals surface area (Å²) in [7, 11) is 0. The van der Waals surface area contributed by atoms with Crippen LogP contribution in [-0.2, 0) is 4.74 Å². The largest absolute Gasteiger partial charge is 0.397 e. The Morgan fingerprint density at radius 1 is 1.39 bits per heavy atom. The third-order valence-corrected chi connectivity index (χ3v) is 3.10. The quantitative estimate of drug-likeness (QED) is 0.596. The smallest absolute Gasteiger partial charge is 0.139 e. The summed E-state index contributed by atoms with van der Waals surface area (Å²) in [5.41, 5.74) is 6.83. The van der Waals surface area contributed by atoms with Crippen LogP contribution in [0, 0.1) is 11.7 Å². The molecule has 0 saturated carbocycles. The van der Waals surface area contributed by atoms with Crippen LogP contribution in [0.5, 0.6) is 0 Å². The summed E-state index contributed by atoms with van der Waals surface area (Å²) in [5.74, 6) is 0.299. The topological polar surface area (TPSA) is 47.3 Å². The molecule has 18 heavy (non-hydrogen) atoms. The fraction of sp³-hybridized carbons (Fsp3) is 0.538. The average molecular weight is 319 g/mol. The van der Waals surface area contributed by atoms with Crippen molar-refractivity contribution in [1.29, 1.82) is 0 Å². The van der Waals surface area contributed by atoms with Gasteiger partial charge in [-0.1, -0.05) is 13.8 Å². The molecule has 3 N–H and O–H groups in total. The molecule has 0 aromatic heterocycles. The monoisotopic (exact) mass is 318 g/mol. The molecule has 0 aliphatic heterocycles. The number of hydrogen-bond acceptors (Lipinski definition) is 3. The maximum Gasteiger partial charge on any atom is 0.139 e. The van der Waals surface area contributed by atoms with Crippen LogP contribution in [0.2, 0.25) is 0 Å². The molecule has 102 valence electrons. The van der Waals surface area contributed by atoms with Crippen LogP contribution in [0.15, 0.2) is 16.6 Å². The maximum atomic E-state index is 13.1. The molecule has 0 aliphatic carbocycles. The first kappa shape index (κ1) is 15.2. The second kappa shape index (κ2) is 7.59. The fourth-order valence-corrected chi connectivity index (χ4v) is 1.74. The number of nitrogen functional groups attached to an aromatic ring is 1. The number of nitrogens with one attached hydrogen (secondary N) is 1. The van der Waals surface area contributed by atoms with Crippen molar-refractivity contribution in [1.82, 2.24) is 0 Å². The van der Waals surface area contributed by atoms with E-state index in [4.69, 9.17) is 10.5 Å². The molecule has 5 heteroatoms. The summed E-state index contributed by atoms with van der Waals surface area (Å²) in [6, 6.07) is 2.94. The zero-order valence-electron chi connectivity index (χ0n) is 10.8. The number of rotatable bonds is 7. The van der Waals surface area contributed by atoms with Gasteiger partial charge in [0.2, 0.25) is 0 Å². The van der Waals surface area contributed by atoms with Crippen LogP contribution in [0.1, 0.15) is 20.3 Å². The van der Waals surface area contributed by atoms with Gasteiger partial charge < -0.3 is 15.8 Å². The van der Waals surface area contributed by atoms with E-state index >= 15 is 0 Å². The minimum absolute atomic E-state index is 0.355. The van der Waals surface area contributed by atoms with Gasteiger partial charge in [0.1, 0.15) is 5.82 Å². The lowest BCUT2D eigenvalue weighted by Crippen LogP contribution is -2.12. The molecule has 0 bridgehead atoms. The molecule has 0 heterocycles. The van der Waals surface area contributed by atoms with Crippen LogP contribution in [0.4, 0.5) is 15.8 Å². The second-order valence-corrected chi connectivity index (χ2v) is 5.43. The van der Waals surface area contributed by atoms with Crippen LogP contribution in [0.3, 0.4) is 0 Å². The molecule has 0 unspecified atom stereocenters. The van der Waals surface area contributed by atoms with E-state index in [0.29, 0.717) is 29.2 Å². The van der Waals surface area contributed by atoms with E-state index in [9.17, 15) is 4.39 Å². The first-order valence-corrected chi connectivity index (χ1v) is 6.86. The number of hydrogen-bond donors (Lipinski definition) is 2. The second-order valence-electron chi connectivity index (χ2n) is 4.58. The summed E-state index contributed by atoms with van der Waals surface area (Å²) in [4.78, 5) is 0. The van der Waals surface area contributed by atoms with E-state index in [-0.39, 0.29) is 5.82 Å². The van der Waals surface area contributed by atoms with Crippen LogP contribution >= 0.6 is 15.9 Å². The summed E-state index contributed by atoms with van der Waals surface area (Å²) in [5, 5.41) is 3.12. The Kier molecular flexibility index (Phi) is 6.43. The SMILES string of the molecule is CC(C)CCOCCNc1cc(Br)c(F)cc1N. The van der Waals surface area contributed by atoms with Gasteiger partial charge >= 0.3 is 0 Å². The van der Waals surface area contributed by atoms with Crippen LogP contribution in [-0.4, -0.2) is 19.8 Å². The molecule has 1 aromatic carbocycles. The molecule has 0 aliphatic rings. The number of benzene rings is 1. The minimum atomic E-state index is -0.355. The van der Waals surface area contributed by atoms with Crippen molar-refractivity contribution in [3.63, 3.8) is 0 Å². The lowest BCUT2D eigenvalue weighted by atomic mass is 10.1. The van der Waals surface area contributed by atoms with E-state index in [2.05, 4.69) is 35.1 Å². The third kappa shape index (κ3) is 5.23. The van der Waals surface area contributed by atoms with Crippen molar-refractivity contribution in [3.8, 4) is 0 Å². The van der Waals surface area contributed by atoms with E-state index < -0.39 is 0 Å². The van der Waals surface area contributed by atoms with Crippen molar-refractivity contribution in [3.05, 3.63) is 22.4 Å². The third-order valence-electron chi connectivity index (χ3n) is 2.49. The number of nitrogens with two attached hydrogens (primary N) is 1. The zero-order valence-corrected chi connectivity index (χ0v) is 12.4. The molecule has 1 rings (SSSR count). The van der Waals surface area contributed by atoms with Gasteiger partial charge in [0.15, 0.2) is 0 Å². The van der Waals surface area contributed by atoms with Crippen molar-refractivity contribution >= 4 is 27.3 Å². The minimum Gasteiger partial charge on any atom is -0.397 e. The molecule has 1 aromatic rings. The van der Waals surface area contributed by atoms with Gasteiger partial charge in [-0.3, -0.25) is 0 Å². The Hall–Kier alpha value is -0.810. The van der Waals surface area contributed by atoms with Gasteiger partial charge in [-0.05, 0) is 34.3 Å². The van der Waals surface area contributed by atoms with E-state index in [1.165, 1.54) is 6.07 Å². The Bertz CT molecular complexity index is 385. The molecular formula is C13H20BrFN2O.